The van der Waals surface area contributed by atoms with Gasteiger partial charge in [-0.15, -0.1) is 0 Å². The lowest BCUT2D eigenvalue weighted by molar-refractivity contribution is -0.414. The molecule has 0 aromatic rings. The normalized spacial score (nSPS) is 12.8. The smallest absolute Gasteiger partial charge is 0.328 e. The molecule has 0 rings (SSSR count). The van der Waals surface area contributed by atoms with Gasteiger partial charge in [-0.1, -0.05) is 0 Å². The van der Waals surface area contributed by atoms with Crippen molar-refractivity contribution in [2.75, 3.05) is 6.54 Å². The van der Waals surface area contributed by atoms with Crippen molar-refractivity contribution >= 4 is 12.2 Å². The van der Waals surface area contributed by atoms with Gasteiger partial charge in [-0.25, -0.2) is 0 Å². The molecule has 90 valence electrons. The molecule has 0 aliphatic carbocycles. The number of nitro groups is 1. The van der Waals surface area contributed by atoms with Gasteiger partial charge in [-0.05, 0) is 20.8 Å². The van der Waals surface area contributed by atoms with E-state index in [0.29, 0.717) is 0 Å². The van der Waals surface area contributed by atoms with Crippen molar-refractivity contribution < 1.29 is 14.5 Å². The van der Waals surface area contributed by atoms with Crippen LogP contribution in [0.2, 0.25) is 0 Å². The molecule has 0 spiro atoms. The summed E-state index contributed by atoms with van der Waals surface area (Å²) >= 11 is 0. The maximum Gasteiger partial charge on any atom is 0.328 e. The first-order valence-electron chi connectivity index (χ1n) is 4.54. The first-order valence-corrected chi connectivity index (χ1v) is 4.54. The molecule has 7 heteroatoms. The van der Waals surface area contributed by atoms with Gasteiger partial charge in [-0.3, -0.25) is 19.9 Å². The number of hydrogen-bond acceptors (Lipinski definition) is 6. The number of carbonyl (C=O) groups excluding carboxylic acids is 1. The van der Waals surface area contributed by atoms with E-state index in [1.807, 2.05) is 0 Å². The standard InChI is InChI=1S/C9H15N3O4/c1-9(2,3)16-8(13)6-11-5-7(4-10)12(14)15/h4-5H,6,10H2,1-3H3. The molecular weight excluding hydrogens is 214 g/mol. The van der Waals surface area contributed by atoms with Crippen molar-refractivity contribution in [1.82, 2.24) is 0 Å². The quantitative estimate of drug-likeness (QED) is 0.326. The lowest BCUT2D eigenvalue weighted by Crippen LogP contribution is -2.25. The molecular formula is C9H15N3O4. The van der Waals surface area contributed by atoms with E-state index in [1.165, 1.54) is 0 Å². The van der Waals surface area contributed by atoms with Crippen LogP contribution in [0.15, 0.2) is 16.9 Å². The van der Waals surface area contributed by atoms with E-state index in [0.717, 1.165) is 12.4 Å². The van der Waals surface area contributed by atoms with Crippen LogP contribution in [0.1, 0.15) is 20.8 Å². The molecule has 0 atom stereocenters. The van der Waals surface area contributed by atoms with Gasteiger partial charge in [0, 0.05) is 0 Å². The molecule has 0 unspecified atom stereocenters. The van der Waals surface area contributed by atoms with Gasteiger partial charge in [0.05, 0.1) is 11.1 Å². The minimum atomic E-state index is -0.696. The van der Waals surface area contributed by atoms with Crippen molar-refractivity contribution in [3.8, 4) is 0 Å². The van der Waals surface area contributed by atoms with Gasteiger partial charge in [0.15, 0.2) is 0 Å². The lowest BCUT2D eigenvalue weighted by Gasteiger charge is -2.18. The number of aliphatic imine (C=N–C) groups is 1. The van der Waals surface area contributed by atoms with Crippen LogP contribution < -0.4 is 5.73 Å². The molecule has 2 N–H and O–H groups in total. The Morgan fingerprint density at radius 1 is 1.56 bits per heavy atom. The minimum absolute atomic E-state index is 0.275. The van der Waals surface area contributed by atoms with E-state index in [1.54, 1.807) is 20.8 Å². The zero-order chi connectivity index (χ0) is 12.8. The van der Waals surface area contributed by atoms with Crippen LogP contribution in [0.25, 0.3) is 0 Å². The van der Waals surface area contributed by atoms with E-state index in [4.69, 9.17) is 10.5 Å². The van der Waals surface area contributed by atoms with Crippen LogP contribution in [-0.2, 0) is 9.53 Å². The number of esters is 1. The van der Waals surface area contributed by atoms with Crippen LogP contribution >= 0.6 is 0 Å². The van der Waals surface area contributed by atoms with Crippen molar-refractivity contribution in [2.45, 2.75) is 26.4 Å². The number of allylic oxidation sites excluding steroid dienone is 1. The molecule has 0 radical (unpaired) electrons. The van der Waals surface area contributed by atoms with Crippen LogP contribution in [0.5, 0.6) is 0 Å². The number of nitrogens with two attached hydrogens (primary N) is 1. The fraction of sp³-hybridized carbons (Fsp3) is 0.556. The summed E-state index contributed by atoms with van der Waals surface area (Å²) in [6.45, 7) is 4.88. The molecule has 0 amide bonds. The van der Waals surface area contributed by atoms with Crippen molar-refractivity contribution in [2.24, 2.45) is 10.7 Å². The molecule has 7 nitrogen and oxygen atoms in total. The summed E-state index contributed by atoms with van der Waals surface area (Å²) in [6.07, 6.45) is 1.72. The predicted molar refractivity (Wildman–Crippen MR) is 58.5 cm³/mol. The summed E-state index contributed by atoms with van der Waals surface area (Å²) in [7, 11) is 0. The third-order valence-corrected chi connectivity index (χ3v) is 1.25. The maximum absolute atomic E-state index is 11.1. The highest BCUT2D eigenvalue weighted by atomic mass is 16.6. The molecule has 16 heavy (non-hydrogen) atoms. The Kier molecular flexibility index (Phi) is 5.14. The highest BCUT2D eigenvalue weighted by molar-refractivity contribution is 5.79. The minimum Gasteiger partial charge on any atom is -0.459 e. The molecule has 0 saturated heterocycles. The Morgan fingerprint density at radius 2 is 2.12 bits per heavy atom. The topological polar surface area (TPSA) is 108 Å². The molecule has 0 aromatic carbocycles. The number of nitrogens with zero attached hydrogens (tertiary/aromatic N) is 2. The van der Waals surface area contributed by atoms with Crippen molar-refractivity contribution in [3.05, 3.63) is 22.0 Å². The highest BCUT2D eigenvalue weighted by Crippen LogP contribution is 2.06. The average Bonchev–Trinajstić information content (AvgIpc) is 2.08. The van der Waals surface area contributed by atoms with E-state index in [2.05, 4.69) is 4.99 Å². The number of hydrogen-bond donors (Lipinski definition) is 1. The highest BCUT2D eigenvalue weighted by Gasteiger charge is 2.15. The Bertz CT molecular complexity index is 328. The fourth-order valence-electron chi connectivity index (χ4n) is 0.739. The molecule has 0 fully saturated rings. The second kappa shape index (κ2) is 5.84. The van der Waals surface area contributed by atoms with Crippen molar-refractivity contribution in [1.29, 1.82) is 0 Å². The van der Waals surface area contributed by atoms with E-state index in [9.17, 15) is 14.9 Å². The summed E-state index contributed by atoms with van der Waals surface area (Å²) in [5, 5.41) is 10.3. The van der Waals surface area contributed by atoms with Gasteiger partial charge in [0.25, 0.3) is 0 Å². The molecule has 0 heterocycles. The van der Waals surface area contributed by atoms with Gasteiger partial charge >= 0.3 is 11.7 Å². The van der Waals surface area contributed by atoms with Crippen LogP contribution in [-0.4, -0.2) is 29.3 Å². The maximum atomic E-state index is 11.1. The SMILES string of the molecule is CC(C)(C)OC(=O)CN=CC(=CN)[N+](=O)[O-]. The Labute approximate surface area is 93.1 Å². The summed E-state index contributed by atoms with van der Waals surface area (Å²) in [6, 6.07) is 0. The third-order valence-electron chi connectivity index (χ3n) is 1.25. The first-order chi connectivity index (χ1) is 7.26. The second-order valence-electron chi connectivity index (χ2n) is 3.90. The number of carbonyl (C=O) groups is 1. The Hall–Kier alpha value is -1.92. The van der Waals surface area contributed by atoms with Gasteiger partial charge in [-0.2, -0.15) is 0 Å². The fourth-order valence-corrected chi connectivity index (χ4v) is 0.739. The van der Waals surface area contributed by atoms with E-state index < -0.39 is 16.5 Å². The molecule has 0 aliphatic heterocycles. The van der Waals surface area contributed by atoms with Crippen LogP contribution in [0, 0.1) is 10.1 Å². The van der Waals surface area contributed by atoms with Crippen molar-refractivity contribution in [3.63, 3.8) is 0 Å². The second-order valence-corrected chi connectivity index (χ2v) is 3.90. The summed E-state index contributed by atoms with van der Waals surface area (Å²) in [5.41, 5.74) is 4.01. The molecule has 0 bridgehead atoms. The van der Waals surface area contributed by atoms with Gasteiger partial charge < -0.3 is 10.5 Å². The third kappa shape index (κ3) is 6.52. The molecule has 0 aromatic heterocycles. The zero-order valence-electron chi connectivity index (χ0n) is 9.47. The Morgan fingerprint density at radius 3 is 2.50 bits per heavy atom. The van der Waals surface area contributed by atoms with Gasteiger partial charge in [0.1, 0.15) is 18.4 Å². The van der Waals surface area contributed by atoms with E-state index >= 15 is 0 Å². The van der Waals surface area contributed by atoms with Crippen LogP contribution in [0.3, 0.4) is 0 Å². The summed E-state index contributed by atoms with van der Waals surface area (Å²) in [5.74, 6) is -0.552. The average molecular weight is 229 g/mol. The number of ether oxygens (including phenoxy) is 1. The number of rotatable bonds is 4. The lowest BCUT2D eigenvalue weighted by atomic mass is 10.2. The van der Waals surface area contributed by atoms with E-state index in [-0.39, 0.29) is 12.2 Å². The summed E-state index contributed by atoms with van der Waals surface area (Å²) < 4.78 is 4.94. The monoisotopic (exact) mass is 229 g/mol. The zero-order valence-corrected chi connectivity index (χ0v) is 9.47. The predicted octanol–water partition coefficient (Wildman–Crippen LogP) is 0.476. The summed E-state index contributed by atoms with van der Waals surface area (Å²) in [4.78, 5) is 24.3. The molecule has 0 saturated carbocycles. The first kappa shape index (κ1) is 14.1. The molecule has 0 aliphatic rings. The van der Waals surface area contributed by atoms with Gasteiger partial charge in [0.2, 0.25) is 0 Å². The largest absolute Gasteiger partial charge is 0.459 e. The Balaban J connectivity index is 4.21. The van der Waals surface area contributed by atoms with Crippen LogP contribution in [0.4, 0.5) is 0 Å².